The SMILES string of the molecule is CB(O)N1CC(C)(CO[Si](C)(C)C(C)(C)C)c2cc(-c3ccnc(Nc4cn(CCN(C)C)nc4CCC(C)C)n3)cc(C#N)c21. The zero-order valence-corrected chi connectivity index (χ0v) is 30.8. The predicted octanol–water partition coefficient (Wildman–Crippen LogP) is 6.32. The van der Waals surface area contributed by atoms with Crippen molar-refractivity contribution >= 4 is 32.7 Å². The normalized spacial score (nSPS) is 16.7. The van der Waals surface area contributed by atoms with Crippen molar-refractivity contribution in [3.63, 3.8) is 0 Å². The molecule has 12 heteroatoms. The molecule has 10 nitrogen and oxygen atoms in total. The molecular formula is C34H53BN8O2Si. The highest BCUT2D eigenvalue weighted by atomic mass is 28.4. The Morgan fingerprint density at radius 1 is 1.26 bits per heavy atom. The molecule has 4 rings (SSSR count). The molecule has 248 valence electrons. The average molecular weight is 645 g/mol. The molecule has 0 aliphatic carbocycles. The molecule has 3 aromatic rings. The summed E-state index contributed by atoms with van der Waals surface area (Å²) in [4.78, 5) is 13.5. The number of nitrogens with one attached hydrogen (secondary N) is 1. The van der Waals surface area contributed by atoms with Crippen LogP contribution in [0.25, 0.3) is 11.3 Å². The molecule has 0 saturated heterocycles. The van der Waals surface area contributed by atoms with Crippen LogP contribution in [0.5, 0.6) is 0 Å². The minimum Gasteiger partial charge on any atom is -0.432 e. The first-order valence-electron chi connectivity index (χ1n) is 16.4. The fourth-order valence-corrected chi connectivity index (χ4v) is 6.58. The maximum absolute atomic E-state index is 10.8. The molecule has 1 atom stereocenters. The van der Waals surface area contributed by atoms with E-state index in [0.29, 0.717) is 36.3 Å². The van der Waals surface area contributed by atoms with Gasteiger partial charge in [-0.15, -0.1) is 0 Å². The monoisotopic (exact) mass is 644 g/mol. The summed E-state index contributed by atoms with van der Waals surface area (Å²) in [7, 11) is 1.33. The smallest absolute Gasteiger partial charge is 0.409 e. The van der Waals surface area contributed by atoms with Crippen LogP contribution in [0.2, 0.25) is 25.0 Å². The Morgan fingerprint density at radius 2 is 1.98 bits per heavy atom. The van der Waals surface area contributed by atoms with Crippen molar-refractivity contribution in [1.29, 1.82) is 5.26 Å². The van der Waals surface area contributed by atoms with Gasteiger partial charge in [-0.25, -0.2) is 9.97 Å². The maximum Gasteiger partial charge on any atom is 0.409 e. The Balaban J connectivity index is 1.71. The van der Waals surface area contributed by atoms with E-state index in [0.717, 1.165) is 54.1 Å². The van der Waals surface area contributed by atoms with Crippen molar-refractivity contribution in [2.75, 3.05) is 43.9 Å². The van der Waals surface area contributed by atoms with Gasteiger partial charge < -0.3 is 24.5 Å². The third-order valence-corrected chi connectivity index (χ3v) is 13.9. The Labute approximate surface area is 277 Å². The van der Waals surface area contributed by atoms with E-state index in [1.165, 1.54) is 0 Å². The van der Waals surface area contributed by atoms with E-state index >= 15 is 0 Å². The highest BCUT2D eigenvalue weighted by molar-refractivity contribution is 6.74. The molecule has 0 saturated carbocycles. The lowest BCUT2D eigenvalue weighted by Gasteiger charge is -2.39. The van der Waals surface area contributed by atoms with Gasteiger partial charge in [-0.3, -0.25) is 4.68 Å². The first kappa shape index (κ1) is 35.6. The Morgan fingerprint density at radius 3 is 2.59 bits per heavy atom. The molecule has 0 amide bonds. The lowest BCUT2D eigenvalue weighted by Crippen LogP contribution is -2.47. The summed E-state index contributed by atoms with van der Waals surface area (Å²) in [6.45, 7) is 22.3. The lowest BCUT2D eigenvalue weighted by molar-refractivity contribution is 0.218. The van der Waals surface area contributed by atoms with E-state index in [2.05, 4.69) is 96.1 Å². The zero-order valence-electron chi connectivity index (χ0n) is 29.8. The first-order valence-corrected chi connectivity index (χ1v) is 19.3. The number of aromatic nitrogens is 4. The number of aryl methyl sites for hydroxylation is 1. The molecule has 0 spiro atoms. The molecule has 1 unspecified atom stereocenters. The number of nitrogens with zero attached hydrogens (tertiary/aromatic N) is 7. The van der Waals surface area contributed by atoms with Crippen LogP contribution in [0.1, 0.15) is 64.8 Å². The van der Waals surface area contributed by atoms with Gasteiger partial charge in [0.1, 0.15) is 6.07 Å². The van der Waals surface area contributed by atoms with Crippen molar-refractivity contribution in [2.45, 2.75) is 91.3 Å². The minimum atomic E-state index is -2.04. The third-order valence-electron chi connectivity index (χ3n) is 9.47. The Hall–Kier alpha value is -3.24. The van der Waals surface area contributed by atoms with Crippen LogP contribution < -0.4 is 10.1 Å². The largest absolute Gasteiger partial charge is 0.432 e. The second kappa shape index (κ2) is 13.9. The number of likely N-dealkylation sites (N-methyl/N-ethyl adjacent to an activating group) is 1. The number of nitriles is 1. The lowest BCUT2D eigenvalue weighted by atomic mass is 9.83. The highest BCUT2D eigenvalue weighted by Gasteiger charge is 2.46. The molecule has 3 heterocycles. The van der Waals surface area contributed by atoms with Crippen molar-refractivity contribution in [3.05, 3.63) is 47.4 Å². The summed E-state index contributed by atoms with van der Waals surface area (Å²) in [6.07, 6.45) is 5.68. The topological polar surface area (TPSA) is 115 Å². The van der Waals surface area contributed by atoms with Crippen molar-refractivity contribution in [2.24, 2.45) is 5.92 Å². The molecule has 0 bridgehead atoms. The van der Waals surface area contributed by atoms with Gasteiger partial charge in [0.25, 0.3) is 0 Å². The minimum absolute atomic E-state index is 0.0657. The highest BCUT2D eigenvalue weighted by Crippen LogP contribution is 2.47. The Kier molecular flexibility index (Phi) is 10.7. The van der Waals surface area contributed by atoms with Gasteiger partial charge in [0, 0.05) is 48.8 Å². The molecule has 1 aromatic carbocycles. The quantitative estimate of drug-likeness (QED) is 0.207. The van der Waals surface area contributed by atoms with E-state index in [4.69, 9.17) is 14.5 Å². The van der Waals surface area contributed by atoms with Crippen LogP contribution in [-0.4, -0.2) is 78.8 Å². The van der Waals surface area contributed by atoms with Gasteiger partial charge in [0.15, 0.2) is 8.32 Å². The molecule has 1 aliphatic heterocycles. The van der Waals surface area contributed by atoms with Crippen molar-refractivity contribution < 1.29 is 9.45 Å². The number of rotatable bonds is 13. The van der Waals surface area contributed by atoms with E-state index < -0.39 is 20.8 Å². The van der Waals surface area contributed by atoms with Gasteiger partial charge in [0.2, 0.25) is 5.95 Å². The van der Waals surface area contributed by atoms with E-state index in [9.17, 15) is 10.3 Å². The summed E-state index contributed by atoms with van der Waals surface area (Å²) in [5.41, 5.74) is 5.30. The number of hydrogen-bond donors (Lipinski definition) is 2. The maximum atomic E-state index is 10.8. The predicted molar refractivity (Wildman–Crippen MR) is 191 cm³/mol. The summed E-state index contributed by atoms with van der Waals surface area (Å²) >= 11 is 0. The van der Waals surface area contributed by atoms with Gasteiger partial charge in [-0.2, -0.15) is 10.4 Å². The fraction of sp³-hybridized carbons (Fsp3) is 0.588. The molecular weight excluding hydrogens is 591 g/mol. The van der Waals surface area contributed by atoms with E-state index in [-0.39, 0.29) is 5.04 Å². The van der Waals surface area contributed by atoms with Crippen molar-refractivity contribution in [3.8, 4) is 17.3 Å². The van der Waals surface area contributed by atoms with E-state index in [1.54, 1.807) is 13.0 Å². The van der Waals surface area contributed by atoms with Crippen LogP contribution in [0.3, 0.4) is 0 Å². The summed E-state index contributed by atoms with van der Waals surface area (Å²) in [5.74, 6) is 1.04. The summed E-state index contributed by atoms with van der Waals surface area (Å²) < 4.78 is 8.74. The first-order chi connectivity index (χ1) is 21.4. The number of fused-ring (bicyclic) bond motifs is 1. The molecule has 0 fully saturated rings. The summed E-state index contributed by atoms with van der Waals surface area (Å²) in [5, 5.41) is 29.5. The van der Waals surface area contributed by atoms with E-state index in [1.807, 2.05) is 27.8 Å². The van der Waals surface area contributed by atoms with Crippen LogP contribution in [0, 0.1) is 17.2 Å². The second-order valence-electron chi connectivity index (χ2n) is 15.3. The number of hydrogen-bond acceptors (Lipinski definition) is 9. The molecule has 2 aromatic heterocycles. The number of benzene rings is 1. The standard InChI is InChI=1S/C34H53BN8O2Si/c1-24(2)12-13-29-30(21-42(40-29)17-16-41(8)9)39-32-37-15-14-28(38-32)25-18-26(20-36)31-27(19-25)34(6,22-43(31)35(7)44)23-45-46(10,11)33(3,4)5/h14-15,18-19,21,24,44H,12-13,16-17,22-23H2,1-11H3,(H,37,38,39). The second-order valence-corrected chi connectivity index (χ2v) is 20.1. The summed E-state index contributed by atoms with van der Waals surface area (Å²) in [6, 6.07) is 8.27. The molecule has 1 aliphatic rings. The van der Waals surface area contributed by atoms with Crippen LogP contribution in [0.15, 0.2) is 30.6 Å². The van der Waals surface area contributed by atoms with Gasteiger partial charge in [0.05, 0.1) is 29.2 Å². The molecule has 2 N–H and O–H groups in total. The average Bonchev–Trinajstić information content (AvgIpc) is 3.51. The Bertz CT molecular complexity index is 1560. The zero-order chi connectivity index (χ0) is 34.0. The van der Waals surface area contributed by atoms with Gasteiger partial charge >= 0.3 is 7.05 Å². The van der Waals surface area contributed by atoms with Crippen molar-refractivity contribution in [1.82, 2.24) is 24.6 Å². The number of anilines is 3. The van der Waals surface area contributed by atoms with Gasteiger partial charge in [-0.1, -0.05) is 41.5 Å². The molecule has 46 heavy (non-hydrogen) atoms. The van der Waals surface area contributed by atoms with Crippen LogP contribution >= 0.6 is 0 Å². The fourth-order valence-electron chi connectivity index (χ4n) is 5.47. The third kappa shape index (κ3) is 8.00. The molecule has 0 radical (unpaired) electrons. The van der Waals surface area contributed by atoms with Crippen LogP contribution in [0.4, 0.5) is 17.3 Å². The van der Waals surface area contributed by atoms with Crippen LogP contribution in [-0.2, 0) is 22.8 Å². The van der Waals surface area contributed by atoms with Gasteiger partial charge in [-0.05, 0) is 81.6 Å².